The van der Waals surface area contributed by atoms with E-state index >= 15 is 0 Å². The number of hydrogen-bond donors (Lipinski definition) is 1. The molecule has 2 aromatic carbocycles. The Hall–Kier alpha value is -3.02. The van der Waals surface area contributed by atoms with Gasteiger partial charge in [0.15, 0.2) is 13.2 Å². The molecule has 6 heteroatoms. The highest BCUT2D eigenvalue weighted by atomic mass is 16.5. The van der Waals surface area contributed by atoms with Crippen molar-refractivity contribution in [3.8, 4) is 11.5 Å². The molecule has 0 saturated heterocycles. The van der Waals surface area contributed by atoms with Crippen molar-refractivity contribution in [3.63, 3.8) is 0 Å². The number of hydrogen-bond acceptors (Lipinski definition) is 4. The molecule has 2 rings (SSSR count). The van der Waals surface area contributed by atoms with Crippen LogP contribution in [0.1, 0.15) is 30.9 Å². The molecule has 0 aliphatic rings. The number of likely N-dealkylation sites (N-methyl/N-ethyl adjacent to an activating group) is 1. The highest BCUT2D eigenvalue weighted by Gasteiger charge is 2.11. The molecule has 27 heavy (non-hydrogen) atoms. The first kappa shape index (κ1) is 20.3. The SMILES string of the molecule is CC(C)c1cccc(OCC(=O)N(C)Cc2ccc(OCC(=O)O)cc2)c1. The summed E-state index contributed by atoms with van der Waals surface area (Å²) in [6.07, 6.45) is 0. The molecule has 0 aliphatic carbocycles. The van der Waals surface area contributed by atoms with Gasteiger partial charge < -0.3 is 19.5 Å². The summed E-state index contributed by atoms with van der Waals surface area (Å²) in [4.78, 5) is 24.4. The molecule has 0 bridgehead atoms. The zero-order valence-electron chi connectivity index (χ0n) is 15.8. The minimum Gasteiger partial charge on any atom is -0.484 e. The van der Waals surface area contributed by atoms with Crippen LogP contribution in [0, 0.1) is 0 Å². The van der Waals surface area contributed by atoms with Crippen molar-refractivity contribution in [2.75, 3.05) is 20.3 Å². The van der Waals surface area contributed by atoms with E-state index in [1.165, 1.54) is 5.56 Å². The second-order valence-electron chi connectivity index (χ2n) is 6.59. The van der Waals surface area contributed by atoms with Gasteiger partial charge in [-0.2, -0.15) is 0 Å². The number of carbonyl (C=O) groups is 2. The minimum atomic E-state index is -1.02. The predicted octanol–water partition coefficient (Wildman–Crippen LogP) is 3.31. The summed E-state index contributed by atoms with van der Waals surface area (Å²) in [6.45, 7) is 4.23. The number of aliphatic carboxylic acids is 1. The van der Waals surface area contributed by atoms with Crippen molar-refractivity contribution >= 4 is 11.9 Å². The lowest BCUT2D eigenvalue weighted by molar-refractivity contribution is -0.139. The molecule has 0 fully saturated rings. The molecule has 6 nitrogen and oxygen atoms in total. The Morgan fingerprint density at radius 2 is 1.67 bits per heavy atom. The normalized spacial score (nSPS) is 10.5. The van der Waals surface area contributed by atoms with Gasteiger partial charge in [0.1, 0.15) is 11.5 Å². The monoisotopic (exact) mass is 371 g/mol. The maximum atomic E-state index is 12.3. The highest BCUT2D eigenvalue weighted by molar-refractivity contribution is 5.77. The van der Waals surface area contributed by atoms with Gasteiger partial charge in [0.25, 0.3) is 5.91 Å². The van der Waals surface area contributed by atoms with Crippen molar-refractivity contribution < 1.29 is 24.2 Å². The van der Waals surface area contributed by atoms with Gasteiger partial charge in [-0.3, -0.25) is 4.79 Å². The third kappa shape index (κ3) is 6.66. The van der Waals surface area contributed by atoms with Gasteiger partial charge in [-0.25, -0.2) is 4.79 Å². The van der Waals surface area contributed by atoms with E-state index in [1.807, 2.05) is 24.3 Å². The lowest BCUT2D eigenvalue weighted by Gasteiger charge is -2.18. The van der Waals surface area contributed by atoms with Gasteiger partial charge in [0.2, 0.25) is 0 Å². The molecular weight excluding hydrogens is 346 g/mol. The molecule has 0 radical (unpaired) electrons. The van der Waals surface area contributed by atoms with Crippen LogP contribution in [0.15, 0.2) is 48.5 Å². The third-order valence-corrected chi connectivity index (χ3v) is 4.02. The summed E-state index contributed by atoms with van der Waals surface area (Å²) in [5, 5.41) is 8.60. The molecule has 0 spiro atoms. The van der Waals surface area contributed by atoms with Crippen LogP contribution in [0.5, 0.6) is 11.5 Å². The second-order valence-corrected chi connectivity index (χ2v) is 6.59. The van der Waals surface area contributed by atoms with Crippen LogP contribution in [0.4, 0.5) is 0 Å². The first-order valence-corrected chi connectivity index (χ1v) is 8.75. The van der Waals surface area contributed by atoms with Crippen molar-refractivity contribution in [2.45, 2.75) is 26.3 Å². The molecule has 0 atom stereocenters. The van der Waals surface area contributed by atoms with E-state index < -0.39 is 5.97 Å². The summed E-state index contributed by atoms with van der Waals surface area (Å²) in [7, 11) is 1.71. The van der Waals surface area contributed by atoms with Gasteiger partial charge in [0.05, 0.1) is 0 Å². The van der Waals surface area contributed by atoms with E-state index in [0.29, 0.717) is 24.0 Å². The van der Waals surface area contributed by atoms with Crippen LogP contribution in [-0.4, -0.2) is 42.1 Å². The van der Waals surface area contributed by atoms with Crippen molar-refractivity contribution in [1.29, 1.82) is 0 Å². The number of nitrogens with zero attached hydrogens (tertiary/aromatic N) is 1. The molecule has 0 aromatic heterocycles. The van der Waals surface area contributed by atoms with Crippen LogP contribution in [-0.2, 0) is 16.1 Å². The Labute approximate surface area is 159 Å². The van der Waals surface area contributed by atoms with Gasteiger partial charge in [-0.1, -0.05) is 38.1 Å². The lowest BCUT2D eigenvalue weighted by Crippen LogP contribution is -2.30. The second kappa shape index (κ2) is 9.62. The number of rotatable bonds is 9. The third-order valence-electron chi connectivity index (χ3n) is 4.02. The fourth-order valence-electron chi connectivity index (χ4n) is 2.42. The van der Waals surface area contributed by atoms with E-state index in [-0.39, 0.29) is 19.1 Å². The average molecular weight is 371 g/mol. The minimum absolute atomic E-state index is 0.0299. The van der Waals surface area contributed by atoms with Gasteiger partial charge in [-0.15, -0.1) is 0 Å². The Balaban J connectivity index is 1.84. The standard InChI is InChI=1S/C21H25NO5/c1-15(2)17-5-4-6-19(11-17)26-13-20(23)22(3)12-16-7-9-18(10-8-16)27-14-21(24)25/h4-11,15H,12-14H2,1-3H3,(H,24,25). The smallest absolute Gasteiger partial charge is 0.341 e. The lowest BCUT2D eigenvalue weighted by atomic mass is 10.0. The van der Waals surface area contributed by atoms with E-state index in [9.17, 15) is 9.59 Å². The Morgan fingerprint density at radius 3 is 2.30 bits per heavy atom. The van der Waals surface area contributed by atoms with Crippen molar-refractivity contribution in [3.05, 3.63) is 59.7 Å². The molecule has 0 aliphatic heterocycles. The Kier molecular flexibility index (Phi) is 7.23. The number of ether oxygens (including phenoxy) is 2. The molecule has 1 N–H and O–H groups in total. The van der Waals surface area contributed by atoms with Crippen molar-refractivity contribution in [1.82, 2.24) is 4.90 Å². The number of carbonyl (C=O) groups excluding carboxylic acids is 1. The summed E-state index contributed by atoms with van der Waals surface area (Å²) in [5.41, 5.74) is 2.08. The van der Waals surface area contributed by atoms with E-state index in [0.717, 1.165) is 5.56 Å². The predicted molar refractivity (Wildman–Crippen MR) is 102 cm³/mol. The quantitative estimate of drug-likeness (QED) is 0.732. The zero-order valence-corrected chi connectivity index (χ0v) is 15.8. The van der Waals surface area contributed by atoms with E-state index in [2.05, 4.69) is 13.8 Å². The van der Waals surface area contributed by atoms with Crippen LogP contribution in [0.2, 0.25) is 0 Å². The Morgan fingerprint density at radius 1 is 1.00 bits per heavy atom. The molecule has 144 valence electrons. The Bertz CT molecular complexity index is 770. The topological polar surface area (TPSA) is 76.1 Å². The number of carboxylic acid groups (broad SMARTS) is 1. The maximum absolute atomic E-state index is 12.3. The number of benzene rings is 2. The zero-order chi connectivity index (χ0) is 19.8. The molecule has 2 aromatic rings. The van der Waals surface area contributed by atoms with E-state index in [1.54, 1.807) is 36.2 Å². The van der Waals surface area contributed by atoms with Gasteiger partial charge in [0, 0.05) is 13.6 Å². The molecule has 0 saturated carbocycles. The summed E-state index contributed by atoms with van der Waals surface area (Å²) in [6, 6.07) is 14.7. The maximum Gasteiger partial charge on any atom is 0.341 e. The average Bonchev–Trinajstić information content (AvgIpc) is 2.65. The summed E-state index contributed by atoms with van der Waals surface area (Å²) < 4.78 is 10.7. The van der Waals surface area contributed by atoms with Gasteiger partial charge in [-0.05, 0) is 41.3 Å². The fraction of sp³-hybridized carbons (Fsp3) is 0.333. The van der Waals surface area contributed by atoms with Crippen molar-refractivity contribution in [2.24, 2.45) is 0 Å². The van der Waals surface area contributed by atoms with E-state index in [4.69, 9.17) is 14.6 Å². The summed E-state index contributed by atoms with van der Waals surface area (Å²) >= 11 is 0. The molecule has 0 unspecified atom stereocenters. The first-order chi connectivity index (χ1) is 12.8. The van der Waals surface area contributed by atoms with Crippen LogP contribution in [0.25, 0.3) is 0 Å². The molecule has 1 amide bonds. The molecule has 0 heterocycles. The summed E-state index contributed by atoms with van der Waals surface area (Å²) in [5.74, 6) is 0.403. The fourth-order valence-corrected chi connectivity index (χ4v) is 2.42. The van der Waals surface area contributed by atoms with Crippen LogP contribution < -0.4 is 9.47 Å². The first-order valence-electron chi connectivity index (χ1n) is 8.75. The van der Waals surface area contributed by atoms with Crippen LogP contribution in [0.3, 0.4) is 0 Å². The number of carboxylic acids is 1. The number of amides is 1. The largest absolute Gasteiger partial charge is 0.484 e. The van der Waals surface area contributed by atoms with Crippen LogP contribution >= 0.6 is 0 Å². The molecular formula is C21H25NO5. The van der Waals surface area contributed by atoms with Gasteiger partial charge >= 0.3 is 5.97 Å². The highest BCUT2D eigenvalue weighted by Crippen LogP contribution is 2.20.